The lowest BCUT2D eigenvalue weighted by Crippen LogP contribution is -2.60. The molecular formula is C27H39N3O8. The van der Waals surface area contributed by atoms with Crippen molar-refractivity contribution < 1.29 is 38.9 Å². The second-order valence-electron chi connectivity index (χ2n) is 11.3. The number of carbonyl (C=O) groups is 4. The fraction of sp³-hybridized carbons (Fsp3) is 0.630. The van der Waals surface area contributed by atoms with Gasteiger partial charge >= 0.3 is 6.09 Å². The predicted octanol–water partition coefficient (Wildman–Crippen LogP) is 0.687. The Bertz CT molecular complexity index is 1050. The van der Waals surface area contributed by atoms with Gasteiger partial charge < -0.3 is 30.3 Å². The molecule has 1 aromatic rings. The van der Waals surface area contributed by atoms with Crippen LogP contribution in [0.5, 0.6) is 0 Å². The normalized spacial score (nSPS) is 22.2. The van der Waals surface area contributed by atoms with Gasteiger partial charge in [0, 0.05) is 6.42 Å². The van der Waals surface area contributed by atoms with Gasteiger partial charge in [-0.2, -0.15) is 0 Å². The van der Waals surface area contributed by atoms with Crippen LogP contribution in [0.15, 0.2) is 24.3 Å². The first-order valence-electron chi connectivity index (χ1n) is 12.9. The van der Waals surface area contributed by atoms with Crippen LogP contribution in [0.4, 0.5) is 4.79 Å². The first-order valence-corrected chi connectivity index (χ1v) is 12.9. The molecule has 0 aromatic heterocycles. The zero-order chi connectivity index (χ0) is 28.3. The maximum atomic E-state index is 13.4. The molecule has 0 bridgehead atoms. The number of hydrogen-bond acceptors (Lipinski definition) is 8. The molecule has 0 unspecified atom stereocenters. The van der Waals surface area contributed by atoms with E-state index in [1.807, 2.05) is 38.1 Å². The highest BCUT2D eigenvalue weighted by molar-refractivity contribution is 5.98. The summed E-state index contributed by atoms with van der Waals surface area (Å²) in [6.07, 6.45) is -0.183. The molecule has 4 atom stereocenters. The van der Waals surface area contributed by atoms with Gasteiger partial charge in [0.1, 0.15) is 17.7 Å². The van der Waals surface area contributed by atoms with Crippen molar-refractivity contribution >= 4 is 23.7 Å². The summed E-state index contributed by atoms with van der Waals surface area (Å²) in [5.41, 5.74) is -0.334. The molecule has 2 aliphatic heterocycles. The molecule has 1 saturated heterocycles. The number of hydrogen-bond donors (Lipinski definition) is 4. The Labute approximate surface area is 222 Å². The van der Waals surface area contributed by atoms with Crippen LogP contribution >= 0.6 is 0 Å². The number of benzene rings is 1. The lowest BCUT2D eigenvalue weighted by atomic mass is 9.92. The number of epoxide rings is 1. The van der Waals surface area contributed by atoms with Crippen molar-refractivity contribution in [2.45, 2.75) is 83.3 Å². The summed E-state index contributed by atoms with van der Waals surface area (Å²) in [7, 11) is 0. The Morgan fingerprint density at radius 3 is 2.26 bits per heavy atom. The number of fused-ring (bicyclic) bond motifs is 1. The van der Waals surface area contributed by atoms with Crippen molar-refractivity contribution in [2.24, 2.45) is 5.92 Å². The van der Waals surface area contributed by atoms with E-state index in [-0.39, 0.29) is 31.9 Å². The summed E-state index contributed by atoms with van der Waals surface area (Å²) in [4.78, 5) is 53.8. The standard InChI is InChI=1S/C27H39N3O8/c1-16(2)10-19(22(33)27(14-32)15-37-27)28-23(34)20(13-31)29-24(35)21-11-17-8-6-7-9-18(17)12-30(21)25(36)38-26(3,4)5/h6-9,16,19-21,31-32H,10-15H2,1-5H3,(H,28,34)(H,29,35)/t19-,20-,21+,27+/m0/s1. The molecule has 4 N–H and O–H groups in total. The van der Waals surface area contributed by atoms with Gasteiger partial charge in [-0.3, -0.25) is 19.3 Å². The molecule has 1 fully saturated rings. The minimum atomic E-state index is -1.37. The Morgan fingerprint density at radius 2 is 1.74 bits per heavy atom. The van der Waals surface area contributed by atoms with Crippen LogP contribution < -0.4 is 10.6 Å². The van der Waals surface area contributed by atoms with Gasteiger partial charge in [-0.1, -0.05) is 38.1 Å². The Kier molecular flexibility index (Phi) is 9.17. The molecule has 0 radical (unpaired) electrons. The van der Waals surface area contributed by atoms with Crippen LogP contribution in [0.2, 0.25) is 0 Å². The van der Waals surface area contributed by atoms with Crippen molar-refractivity contribution in [3.8, 4) is 0 Å². The van der Waals surface area contributed by atoms with Gasteiger partial charge in [0.05, 0.1) is 32.4 Å². The summed E-state index contributed by atoms with van der Waals surface area (Å²) in [6.45, 7) is 7.93. The van der Waals surface area contributed by atoms with Crippen LogP contribution in [0.3, 0.4) is 0 Å². The highest BCUT2D eigenvalue weighted by Gasteiger charge is 2.54. The van der Waals surface area contributed by atoms with Crippen LogP contribution in [0, 0.1) is 5.92 Å². The minimum Gasteiger partial charge on any atom is -0.444 e. The Morgan fingerprint density at radius 1 is 1.11 bits per heavy atom. The average Bonchev–Trinajstić information content (AvgIpc) is 3.65. The molecule has 0 spiro atoms. The Hall–Kier alpha value is -3.02. The number of ketones is 1. The number of carbonyl (C=O) groups excluding carboxylic acids is 4. The van der Waals surface area contributed by atoms with E-state index in [0.717, 1.165) is 11.1 Å². The predicted molar refractivity (Wildman–Crippen MR) is 137 cm³/mol. The molecule has 210 valence electrons. The van der Waals surface area contributed by atoms with Crippen LogP contribution in [-0.4, -0.2) is 88.0 Å². The smallest absolute Gasteiger partial charge is 0.411 e. The van der Waals surface area contributed by atoms with Gasteiger partial charge in [0.2, 0.25) is 11.8 Å². The number of nitrogens with zero attached hydrogens (tertiary/aromatic N) is 1. The number of ether oxygens (including phenoxy) is 2. The van der Waals surface area contributed by atoms with Crippen molar-refractivity contribution in [3.05, 3.63) is 35.4 Å². The van der Waals surface area contributed by atoms with Crippen LogP contribution in [0.25, 0.3) is 0 Å². The number of Topliss-reactive ketones (excluding diaryl/α,β-unsaturated/α-hetero) is 1. The summed E-state index contributed by atoms with van der Waals surface area (Å²) >= 11 is 0. The zero-order valence-electron chi connectivity index (χ0n) is 22.7. The summed E-state index contributed by atoms with van der Waals surface area (Å²) < 4.78 is 10.7. The maximum absolute atomic E-state index is 13.4. The van der Waals surface area contributed by atoms with E-state index >= 15 is 0 Å². The number of aliphatic hydroxyl groups excluding tert-OH is 2. The molecule has 38 heavy (non-hydrogen) atoms. The molecule has 11 nitrogen and oxygen atoms in total. The number of nitrogens with one attached hydrogen (secondary N) is 2. The first kappa shape index (κ1) is 29.5. The van der Waals surface area contributed by atoms with E-state index in [4.69, 9.17) is 9.47 Å². The third-order valence-electron chi connectivity index (χ3n) is 6.53. The molecule has 3 rings (SSSR count). The maximum Gasteiger partial charge on any atom is 0.411 e. The van der Waals surface area contributed by atoms with Crippen molar-refractivity contribution in [1.82, 2.24) is 15.5 Å². The van der Waals surface area contributed by atoms with Gasteiger partial charge in [-0.25, -0.2) is 4.79 Å². The van der Waals surface area contributed by atoms with Crippen molar-refractivity contribution in [2.75, 3.05) is 19.8 Å². The fourth-order valence-electron chi connectivity index (χ4n) is 4.42. The second-order valence-corrected chi connectivity index (χ2v) is 11.3. The van der Waals surface area contributed by atoms with Gasteiger partial charge in [-0.05, 0) is 44.2 Å². The average molecular weight is 534 g/mol. The number of amides is 3. The summed E-state index contributed by atoms with van der Waals surface area (Å²) in [6, 6.07) is 4.12. The summed E-state index contributed by atoms with van der Waals surface area (Å²) in [5.74, 6) is -1.81. The van der Waals surface area contributed by atoms with E-state index in [1.54, 1.807) is 20.8 Å². The lowest BCUT2D eigenvalue weighted by Gasteiger charge is -2.37. The highest BCUT2D eigenvalue weighted by atomic mass is 16.6. The first-order chi connectivity index (χ1) is 17.8. The third kappa shape index (κ3) is 7.09. The molecule has 2 aliphatic rings. The third-order valence-corrected chi connectivity index (χ3v) is 6.53. The van der Waals surface area contributed by atoms with Crippen LogP contribution in [-0.2, 0) is 36.8 Å². The number of rotatable bonds is 10. The lowest BCUT2D eigenvalue weighted by molar-refractivity contribution is -0.136. The Balaban J connectivity index is 1.76. The minimum absolute atomic E-state index is 0.0330. The monoisotopic (exact) mass is 533 g/mol. The van der Waals surface area contributed by atoms with Crippen molar-refractivity contribution in [1.29, 1.82) is 0 Å². The van der Waals surface area contributed by atoms with Crippen LogP contribution in [0.1, 0.15) is 52.2 Å². The van der Waals surface area contributed by atoms with E-state index in [2.05, 4.69) is 10.6 Å². The van der Waals surface area contributed by atoms with E-state index in [9.17, 15) is 29.4 Å². The largest absolute Gasteiger partial charge is 0.444 e. The quantitative estimate of drug-likeness (QED) is 0.320. The molecule has 0 saturated carbocycles. The SMILES string of the molecule is CC(C)C[C@H](NC(=O)[C@H](CO)NC(=O)[C@H]1Cc2ccccc2CN1C(=O)OC(C)(C)C)C(=O)[C@@]1(CO)CO1. The van der Waals surface area contributed by atoms with Gasteiger partial charge in [0.25, 0.3) is 0 Å². The highest BCUT2D eigenvalue weighted by Crippen LogP contribution is 2.30. The zero-order valence-corrected chi connectivity index (χ0v) is 22.7. The van der Waals surface area contributed by atoms with E-state index in [0.29, 0.717) is 0 Å². The van der Waals surface area contributed by atoms with E-state index < -0.39 is 66.2 Å². The molecule has 2 heterocycles. The van der Waals surface area contributed by atoms with E-state index in [1.165, 1.54) is 4.90 Å². The molecule has 11 heteroatoms. The summed E-state index contributed by atoms with van der Waals surface area (Å²) in [5, 5.41) is 24.7. The molecule has 1 aromatic carbocycles. The van der Waals surface area contributed by atoms with Gasteiger partial charge in [0.15, 0.2) is 11.4 Å². The number of aliphatic hydroxyl groups is 2. The second kappa shape index (κ2) is 11.8. The topological polar surface area (TPSA) is 158 Å². The van der Waals surface area contributed by atoms with Crippen molar-refractivity contribution in [3.63, 3.8) is 0 Å². The fourth-order valence-corrected chi connectivity index (χ4v) is 4.42. The molecule has 0 aliphatic carbocycles. The molecule has 3 amide bonds. The van der Waals surface area contributed by atoms with Gasteiger partial charge in [-0.15, -0.1) is 0 Å². The molecular weight excluding hydrogens is 494 g/mol.